The number of benzene rings is 3. The van der Waals surface area contributed by atoms with Crippen molar-refractivity contribution in [1.29, 1.82) is 0 Å². The maximum atomic E-state index is 13.9. The minimum absolute atomic E-state index is 0.00696. The van der Waals surface area contributed by atoms with Crippen LogP contribution in [0.5, 0.6) is 0 Å². The summed E-state index contributed by atoms with van der Waals surface area (Å²) < 4.78 is 26.5. The molecular formula is C31H36Cl3N3O4S. The molecule has 0 aliphatic rings. The van der Waals surface area contributed by atoms with E-state index in [2.05, 4.69) is 5.32 Å². The zero-order chi connectivity index (χ0) is 30.9. The summed E-state index contributed by atoms with van der Waals surface area (Å²) in [5.74, 6) is -0.571. The lowest BCUT2D eigenvalue weighted by molar-refractivity contribution is -0.141. The smallest absolute Gasteiger partial charge is 0.243 e. The third kappa shape index (κ3) is 9.63. The molecule has 0 saturated carbocycles. The third-order valence-corrected chi connectivity index (χ3v) is 9.00. The fraction of sp³-hybridized carbons (Fsp3) is 0.355. The fourth-order valence-electron chi connectivity index (χ4n) is 4.46. The van der Waals surface area contributed by atoms with Crippen molar-refractivity contribution < 1.29 is 18.0 Å². The van der Waals surface area contributed by atoms with Crippen LogP contribution < -0.4 is 9.62 Å². The number of nitrogens with one attached hydrogen (secondary N) is 1. The number of sulfonamides is 1. The maximum absolute atomic E-state index is 13.9. The summed E-state index contributed by atoms with van der Waals surface area (Å²) in [7, 11) is -3.73. The third-order valence-electron chi connectivity index (χ3n) is 6.90. The number of anilines is 1. The van der Waals surface area contributed by atoms with E-state index in [-0.39, 0.29) is 54.5 Å². The van der Waals surface area contributed by atoms with Gasteiger partial charge in [-0.15, -0.1) is 0 Å². The number of amides is 2. The van der Waals surface area contributed by atoms with Gasteiger partial charge in [-0.3, -0.25) is 13.9 Å². The van der Waals surface area contributed by atoms with Gasteiger partial charge in [-0.25, -0.2) is 8.42 Å². The van der Waals surface area contributed by atoms with Crippen molar-refractivity contribution in [2.45, 2.75) is 58.2 Å². The molecule has 42 heavy (non-hydrogen) atoms. The Balaban J connectivity index is 1.92. The lowest BCUT2D eigenvalue weighted by Crippen LogP contribution is -2.52. The molecule has 0 radical (unpaired) electrons. The van der Waals surface area contributed by atoms with Crippen LogP contribution >= 0.6 is 34.8 Å². The standard InChI is InChI=1S/C31H36Cl3N3O4S/c1-4-22(2)35-31(39)29(19-23-11-6-5-7-12-23)36(21-24-13-8-9-14-26(24)33)30(38)15-10-18-37(42(3,40)41)28-20-25(32)16-17-27(28)34/h5-9,11-14,16-17,20,22,29H,4,10,15,18-19,21H2,1-3H3,(H,35,39)/t22-,29+/m0/s1. The summed E-state index contributed by atoms with van der Waals surface area (Å²) in [6, 6.07) is 20.4. The average Bonchev–Trinajstić information content (AvgIpc) is 2.95. The highest BCUT2D eigenvalue weighted by atomic mass is 35.5. The van der Waals surface area contributed by atoms with Crippen molar-refractivity contribution in [2.24, 2.45) is 0 Å². The zero-order valence-corrected chi connectivity index (χ0v) is 27.0. The molecule has 3 rings (SSSR count). The van der Waals surface area contributed by atoms with E-state index in [4.69, 9.17) is 34.8 Å². The molecular weight excluding hydrogens is 617 g/mol. The van der Waals surface area contributed by atoms with Gasteiger partial charge in [-0.2, -0.15) is 0 Å². The molecule has 0 aromatic heterocycles. The van der Waals surface area contributed by atoms with Crippen molar-refractivity contribution in [3.8, 4) is 0 Å². The number of hydrogen-bond acceptors (Lipinski definition) is 4. The van der Waals surface area contributed by atoms with Gasteiger partial charge in [0.05, 0.1) is 17.0 Å². The van der Waals surface area contributed by atoms with Crippen molar-refractivity contribution in [3.63, 3.8) is 0 Å². The largest absolute Gasteiger partial charge is 0.352 e. The quantitative estimate of drug-likeness (QED) is 0.209. The number of nitrogens with zero attached hydrogens (tertiary/aromatic N) is 2. The summed E-state index contributed by atoms with van der Waals surface area (Å²) in [5.41, 5.74) is 1.84. The molecule has 0 saturated heterocycles. The van der Waals surface area contributed by atoms with E-state index in [0.29, 0.717) is 22.0 Å². The summed E-state index contributed by atoms with van der Waals surface area (Å²) in [5, 5.41) is 4.07. The van der Waals surface area contributed by atoms with Crippen molar-refractivity contribution in [1.82, 2.24) is 10.2 Å². The number of carbonyl (C=O) groups excluding carboxylic acids is 2. The second kappa shape index (κ2) is 15.6. The Morgan fingerprint density at radius 1 is 0.929 bits per heavy atom. The van der Waals surface area contributed by atoms with Gasteiger partial charge >= 0.3 is 0 Å². The van der Waals surface area contributed by atoms with E-state index in [1.54, 1.807) is 23.1 Å². The van der Waals surface area contributed by atoms with Gasteiger partial charge in [-0.05, 0) is 55.2 Å². The zero-order valence-electron chi connectivity index (χ0n) is 23.9. The van der Waals surface area contributed by atoms with Crippen LogP contribution in [-0.4, -0.2) is 50.0 Å². The number of rotatable bonds is 14. The second-order valence-electron chi connectivity index (χ2n) is 10.2. The molecule has 0 fully saturated rings. The van der Waals surface area contributed by atoms with Crippen LogP contribution in [0.25, 0.3) is 0 Å². The predicted molar refractivity (Wildman–Crippen MR) is 172 cm³/mol. The average molecular weight is 653 g/mol. The van der Waals surface area contributed by atoms with Crippen LogP contribution in [0, 0.1) is 0 Å². The van der Waals surface area contributed by atoms with Crippen LogP contribution in [0.4, 0.5) is 5.69 Å². The molecule has 226 valence electrons. The van der Waals surface area contributed by atoms with Crippen LogP contribution in [0.15, 0.2) is 72.8 Å². The first-order valence-electron chi connectivity index (χ1n) is 13.7. The molecule has 2 atom stereocenters. The molecule has 7 nitrogen and oxygen atoms in total. The van der Waals surface area contributed by atoms with Gasteiger partial charge < -0.3 is 10.2 Å². The monoisotopic (exact) mass is 651 g/mol. The van der Waals surface area contributed by atoms with Crippen LogP contribution in [0.2, 0.25) is 15.1 Å². The van der Waals surface area contributed by atoms with Crippen molar-refractivity contribution >= 4 is 62.3 Å². The number of halogens is 3. The van der Waals surface area contributed by atoms with E-state index in [1.807, 2.05) is 56.3 Å². The van der Waals surface area contributed by atoms with Crippen LogP contribution in [0.3, 0.4) is 0 Å². The highest BCUT2D eigenvalue weighted by Crippen LogP contribution is 2.31. The molecule has 0 unspecified atom stereocenters. The van der Waals surface area contributed by atoms with Gasteiger partial charge in [0.2, 0.25) is 21.8 Å². The summed E-state index contributed by atoms with van der Waals surface area (Å²) in [6.45, 7) is 3.99. The summed E-state index contributed by atoms with van der Waals surface area (Å²) in [4.78, 5) is 29.1. The lowest BCUT2D eigenvalue weighted by atomic mass is 10.0. The Hall–Kier alpha value is -2.78. The van der Waals surface area contributed by atoms with Crippen LogP contribution in [0.1, 0.15) is 44.2 Å². The van der Waals surface area contributed by atoms with E-state index in [0.717, 1.165) is 22.5 Å². The Morgan fingerprint density at radius 3 is 2.24 bits per heavy atom. The highest BCUT2D eigenvalue weighted by Gasteiger charge is 2.31. The molecule has 3 aromatic carbocycles. The number of hydrogen-bond donors (Lipinski definition) is 1. The fourth-order valence-corrected chi connectivity index (χ4v) is 6.07. The molecule has 11 heteroatoms. The maximum Gasteiger partial charge on any atom is 0.243 e. The molecule has 3 aromatic rings. The van der Waals surface area contributed by atoms with Gasteiger partial charge in [-0.1, -0.05) is 90.3 Å². The van der Waals surface area contributed by atoms with Gasteiger partial charge in [0.25, 0.3) is 0 Å². The second-order valence-corrected chi connectivity index (χ2v) is 13.3. The molecule has 0 aliphatic heterocycles. The van der Waals surface area contributed by atoms with Gasteiger partial charge in [0, 0.05) is 42.0 Å². The van der Waals surface area contributed by atoms with E-state index >= 15 is 0 Å². The first kappa shape index (κ1) is 33.7. The topological polar surface area (TPSA) is 86.8 Å². The Kier molecular flexibility index (Phi) is 12.5. The first-order valence-corrected chi connectivity index (χ1v) is 16.7. The van der Waals surface area contributed by atoms with Crippen molar-refractivity contribution in [2.75, 3.05) is 17.1 Å². The van der Waals surface area contributed by atoms with E-state index < -0.39 is 16.1 Å². The lowest BCUT2D eigenvalue weighted by Gasteiger charge is -2.33. The molecule has 0 aliphatic carbocycles. The SMILES string of the molecule is CC[C@H](C)NC(=O)[C@@H](Cc1ccccc1)N(Cc1ccccc1Cl)C(=O)CCCN(c1cc(Cl)ccc1Cl)S(C)(=O)=O. The van der Waals surface area contributed by atoms with Gasteiger partial charge in [0.15, 0.2) is 0 Å². The van der Waals surface area contributed by atoms with E-state index in [9.17, 15) is 18.0 Å². The number of carbonyl (C=O) groups is 2. The molecule has 0 spiro atoms. The first-order chi connectivity index (χ1) is 19.9. The molecule has 0 bridgehead atoms. The Bertz CT molecular complexity index is 1470. The van der Waals surface area contributed by atoms with Crippen LogP contribution in [-0.2, 0) is 32.6 Å². The minimum atomic E-state index is -3.73. The summed E-state index contributed by atoms with van der Waals surface area (Å²) in [6.07, 6.45) is 2.27. The van der Waals surface area contributed by atoms with Crippen molar-refractivity contribution in [3.05, 3.63) is 99.0 Å². The normalized spacial score (nSPS) is 12.8. The minimum Gasteiger partial charge on any atom is -0.352 e. The molecule has 2 amide bonds. The Morgan fingerprint density at radius 2 is 1.60 bits per heavy atom. The molecule has 1 N–H and O–H groups in total. The highest BCUT2D eigenvalue weighted by molar-refractivity contribution is 7.92. The van der Waals surface area contributed by atoms with E-state index in [1.165, 1.54) is 12.1 Å². The summed E-state index contributed by atoms with van der Waals surface area (Å²) >= 11 is 18.9. The van der Waals surface area contributed by atoms with Gasteiger partial charge in [0.1, 0.15) is 6.04 Å². The molecule has 0 heterocycles. The Labute approximate surface area is 263 Å². The predicted octanol–water partition coefficient (Wildman–Crippen LogP) is 6.75.